The molecular weight excluding hydrogens is 888 g/mol. The van der Waals surface area contributed by atoms with E-state index >= 15 is 0 Å². The topological polar surface area (TPSA) is 6.48 Å². The molecule has 7 aromatic rings. The van der Waals surface area contributed by atoms with Gasteiger partial charge in [-0.25, -0.2) is 0 Å². The highest BCUT2D eigenvalue weighted by atomic mass is 32.1. The molecule has 0 N–H and O–H groups in total. The van der Waals surface area contributed by atoms with Gasteiger partial charge in [-0.3, -0.25) is 0 Å². The van der Waals surface area contributed by atoms with E-state index in [1.54, 1.807) is 0 Å². The van der Waals surface area contributed by atoms with Gasteiger partial charge in [0.25, 0.3) is 6.71 Å². The first-order valence-corrected chi connectivity index (χ1v) is 27.9. The SMILES string of the molecule is CC(C)(C)c1ccc(-c2cc(C(C)(C)C)ccc2N2c3cc(C(C)(C)C)cc4c3B(c3cc5c(cc3N4c3ccc4c(c3)C(C)(C)CC4(C)C)C(C)(C)CC5(C)C)c3sc4ccc(C(C)(C)C)cc4c32)cc1. The van der Waals surface area contributed by atoms with Gasteiger partial charge in [0.1, 0.15) is 0 Å². The molecule has 3 heterocycles. The minimum absolute atomic E-state index is 0.0160. The maximum absolute atomic E-state index is 2.75. The molecule has 72 heavy (non-hydrogen) atoms. The second-order valence-electron chi connectivity index (χ2n) is 29.4. The van der Waals surface area contributed by atoms with Gasteiger partial charge < -0.3 is 9.80 Å². The van der Waals surface area contributed by atoms with Crippen LogP contribution in [0.3, 0.4) is 0 Å². The fraction of sp³-hybridized carbons (Fsp3) is 0.441. The number of nitrogens with zero attached hydrogens (tertiary/aromatic N) is 2. The highest BCUT2D eigenvalue weighted by molar-refractivity contribution is 7.33. The second-order valence-corrected chi connectivity index (χ2v) is 30.5. The van der Waals surface area contributed by atoms with Gasteiger partial charge in [-0.15, -0.1) is 11.3 Å². The zero-order valence-electron chi connectivity index (χ0n) is 47.6. The summed E-state index contributed by atoms with van der Waals surface area (Å²) in [6.07, 6.45) is 2.26. The van der Waals surface area contributed by atoms with Crippen LogP contribution in [0.1, 0.15) is 196 Å². The summed E-state index contributed by atoms with van der Waals surface area (Å²) in [7, 11) is 0. The number of hydrogen-bond acceptors (Lipinski definition) is 3. The zero-order chi connectivity index (χ0) is 52.0. The van der Waals surface area contributed by atoms with Crippen molar-refractivity contribution in [3.8, 4) is 11.1 Å². The maximum Gasteiger partial charge on any atom is 0.264 e. The highest BCUT2D eigenvalue weighted by Crippen LogP contribution is 2.57. The quantitative estimate of drug-likeness (QED) is 0.163. The average Bonchev–Trinajstić information content (AvgIpc) is 3.80. The molecule has 0 radical (unpaired) electrons. The third-order valence-corrected chi connectivity index (χ3v) is 18.9. The third-order valence-electron chi connectivity index (χ3n) is 17.6. The minimum Gasteiger partial charge on any atom is -0.311 e. The Hall–Kier alpha value is -5.06. The van der Waals surface area contributed by atoms with Crippen LogP contribution in [-0.4, -0.2) is 6.71 Å². The number of benzene rings is 6. The lowest BCUT2D eigenvalue weighted by atomic mass is 9.35. The number of rotatable bonds is 3. The van der Waals surface area contributed by atoms with E-state index in [0.717, 1.165) is 12.8 Å². The molecule has 2 aliphatic heterocycles. The Morgan fingerprint density at radius 1 is 0.431 bits per heavy atom. The molecule has 4 aliphatic rings. The Balaban J connectivity index is 1.30. The number of hydrogen-bond donors (Lipinski definition) is 0. The molecule has 2 nitrogen and oxygen atoms in total. The van der Waals surface area contributed by atoms with Crippen LogP contribution in [0, 0.1) is 0 Å². The van der Waals surface area contributed by atoms with E-state index in [-0.39, 0.29) is 50.0 Å². The normalized spacial score (nSPS) is 18.2. The molecule has 372 valence electrons. The van der Waals surface area contributed by atoms with E-state index in [2.05, 4.69) is 251 Å². The molecule has 0 spiro atoms. The van der Waals surface area contributed by atoms with Crippen molar-refractivity contribution in [2.45, 2.75) is 195 Å². The second kappa shape index (κ2) is 15.3. The fourth-order valence-corrected chi connectivity index (χ4v) is 15.4. The van der Waals surface area contributed by atoms with Gasteiger partial charge in [0, 0.05) is 43.2 Å². The van der Waals surface area contributed by atoms with Crippen molar-refractivity contribution < 1.29 is 0 Å². The van der Waals surface area contributed by atoms with Crippen molar-refractivity contribution in [1.29, 1.82) is 0 Å². The molecule has 2 aliphatic carbocycles. The molecule has 0 amide bonds. The van der Waals surface area contributed by atoms with Crippen molar-refractivity contribution in [3.63, 3.8) is 0 Å². The van der Waals surface area contributed by atoms with Crippen molar-refractivity contribution in [1.82, 2.24) is 0 Å². The molecule has 0 saturated carbocycles. The summed E-state index contributed by atoms with van der Waals surface area (Å²) in [4.78, 5) is 5.48. The van der Waals surface area contributed by atoms with Gasteiger partial charge in [-0.1, -0.05) is 187 Å². The Morgan fingerprint density at radius 2 is 0.931 bits per heavy atom. The third kappa shape index (κ3) is 7.52. The Kier molecular flexibility index (Phi) is 10.4. The standard InChI is InChI=1S/C68H81BN2S/c1-61(2,3)41-23-21-40(22-24-41)46-31-42(62(4,5)6)25-29-53(46)71-56-34-44(64(10,11)12)33-55-58(56)69(60-59(71)47-32-43(63(7,8)9)26-30-57(47)72-60)52-36-50-51(68(19,20)39-67(50,17)18)37-54(52)70(55)45-27-28-48-49(35-45)66(15,16)38-65(48,13)14/h21-37H,38-39H2,1-20H3. The molecule has 0 atom stereocenters. The lowest BCUT2D eigenvalue weighted by Crippen LogP contribution is -2.60. The minimum atomic E-state index is -0.134. The van der Waals surface area contributed by atoms with E-state index in [0.29, 0.717) is 0 Å². The van der Waals surface area contributed by atoms with E-state index in [1.807, 2.05) is 11.3 Å². The van der Waals surface area contributed by atoms with Crippen LogP contribution in [0.25, 0.3) is 21.2 Å². The molecule has 4 heteroatoms. The van der Waals surface area contributed by atoms with Crippen molar-refractivity contribution in [2.75, 3.05) is 9.80 Å². The Labute approximate surface area is 438 Å². The van der Waals surface area contributed by atoms with Crippen LogP contribution >= 0.6 is 11.3 Å². The summed E-state index contributed by atoms with van der Waals surface area (Å²) in [6.45, 7) is 48.2. The predicted molar refractivity (Wildman–Crippen MR) is 317 cm³/mol. The average molecular weight is 969 g/mol. The molecule has 1 aromatic heterocycles. The van der Waals surface area contributed by atoms with Gasteiger partial charge in [-0.05, 0) is 172 Å². The van der Waals surface area contributed by atoms with Crippen molar-refractivity contribution in [2.24, 2.45) is 0 Å². The lowest BCUT2D eigenvalue weighted by Gasteiger charge is -2.45. The molecule has 11 rings (SSSR count). The number of thiophene rings is 1. The highest BCUT2D eigenvalue weighted by Gasteiger charge is 2.50. The summed E-state index contributed by atoms with van der Waals surface area (Å²) in [5.74, 6) is 0. The zero-order valence-corrected chi connectivity index (χ0v) is 48.4. The van der Waals surface area contributed by atoms with Gasteiger partial charge in [0.15, 0.2) is 0 Å². The summed E-state index contributed by atoms with van der Waals surface area (Å²) in [6, 6.07) is 42.4. The summed E-state index contributed by atoms with van der Waals surface area (Å²) >= 11 is 2.03. The first-order chi connectivity index (χ1) is 33.2. The summed E-state index contributed by atoms with van der Waals surface area (Å²) < 4.78 is 2.79. The summed E-state index contributed by atoms with van der Waals surface area (Å²) in [5, 5.41) is 1.35. The van der Waals surface area contributed by atoms with Crippen LogP contribution in [0.4, 0.5) is 34.1 Å². The molecule has 0 unspecified atom stereocenters. The van der Waals surface area contributed by atoms with Crippen LogP contribution in [0.2, 0.25) is 0 Å². The van der Waals surface area contributed by atoms with Crippen molar-refractivity contribution in [3.05, 3.63) is 148 Å². The first-order valence-electron chi connectivity index (χ1n) is 27.1. The first kappa shape index (κ1) is 49.2. The van der Waals surface area contributed by atoms with Gasteiger partial charge >= 0.3 is 0 Å². The Bertz CT molecular complexity index is 3400. The summed E-state index contributed by atoms with van der Waals surface area (Å²) in [5.41, 5.74) is 24.7. The molecule has 0 bridgehead atoms. The Morgan fingerprint density at radius 3 is 1.51 bits per heavy atom. The van der Waals surface area contributed by atoms with E-state index in [4.69, 9.17) is 0 Å². The van der Waals surface area contributed by atoms with Crippen LogP contribution in [0.5, 0.6) is 0 Å². The van der Waals surface area contributed by atoms with Crippen LogP contribution < -0.4 is 25.5 Å². The smallest absolute Gasteiger partial charge is 0.264 e. The van der Waals surface area contributed by atoms with Crippen LogP contribution in [0.15, 0.2) is 103 Å². The largest absolute Gasteiger partial charge is 0.311 e. The lowest BCUT2D eigenvalue weighted by molar-refractivity contribution is 0.403. The monoisotopic (exact) mass is 969 g/mol. The molecule has 6 aromatic carbocycles. The van der Waals surface area contributed by atoms with E-state index < -0.39 is 0 Å². The number of fused-ring (bicyclic) bond motifs is 8. The van der Waals surface area contributed by atoms with E-state index in [1.165, 1.54) is 116 Å². The molecule has 0 fully saturated rings. The van der Waals surface area contributed by atoms with Gasteiger partial charge in [0.2, 0.25) is 0 Å². The van der Waals surface area contributed by atoms with E-state index in [9.17, 15) is 0 Å². The van der Waals surface area contributed by atoms with Gasteiger partial charge in [-0.2, -0.15) is 0 Å². The van der Waals surface area contributed by atoms with Crippen molar-refractivity contribution >= 4 is 78.0 Å². The molecule has 0 saturated heterocycles. The van der Waals surface area contributed by atoms with Gasteiger partial charge in [0.05, 0.1) is 11.4 Å². The molecular formula is C68H81BN2S. The fourth-order valence-electron chi connectivity index (χ4n) is 14.1. The number of anilines is 6. The predicted octanol–water partition coefficient (Wildman–Crippen LogP) is 17.8. The maximum atomic E-state index is 2.75. The van der Waals surface area contributed by atoms with Crippen LogP contribution in [-0.2, 0) is 43.3 Å².